The fourth-order valence-corrected chi connectivity index (χ4v) is 2.71. The van der Waals surface area contributed by atoms with Gasteiger partial charge in [0.15, 0.2) is 0 Å². The van der Waals surface area contributed by atoms with Crippen LogP contribution in [0.3, 0.4) is 0 Å². The van der Waals surface area contributed by atoms with E-state index in [1.807, 2.05) is 17.5 Å². The molecule has 0 fully saturated rings. The third-order valence-electron chi connectivity index (χ3n) is 2.46. The van der Waals surface area contributed by atoms with Crippen LogP contribution in [0, 0.1) is 17.3 Å². The average Bonchev–Trinajstić information content (AvgIpc) is 2.73. The van der Waals surface area contributed by atoms with Crippen molar-refractivity contribution in [2.75, 3.05) is 20.1 Å². The van der Waals surface area contributed by atoms with Crippen LogP contribution in [0.5, 0.6) is 0 Å². The number of likely N-dealkylation sites (N-methyl/N-ethyl adjacent to an activating group) is 1. The van der Waals surface area contributed by atoms with Crippen LogP contribution in [0.25, 0.3) is 5.57 Å². The molecule has 0 spiro atoms. The minimum absolute atomic E-state index is 0.0560. The SMILES string of the molecule is C=C(CN(C)C/C=C/C#CC(C)(C)C)c1sccc1Cl. The predicted molar refractivity (Wildman–Crippen MR) is 92.2 cm³/mol. The summed E-state index contributed by atoms with van der Waals surface area (Å²) in [6, 6.07) is 1.91. The van der Waals surface area contributed by atoms with Crippen LogP contribution >= 0.6 is 22.9 Å². The Kier molecular flexibility index (Phi) is 6.55. The first kappa shape index (κ1) is 17.0. The van der Waals surface area contributed by atoms with Gasteiger partial charge in [0, 0.05) is 23.4 Å². The van der Waals surface area contributed by atoms with Gasteiger partial charge in [-0.05, 0) is 50.9 Å². The molecule has 0 aliphatic carbocycles. The molecule has 0 aromatic carbocycles. The van der Waals surface area contributed by atoms with Gasteiger partial charge in [0.1, 0.15) is 0 Å². The average molecular weight is 308 g/mol. The van der Waals surface area contributed by atoms with E-state index >= 15 is 0 Å². The van der Waals surface area contributed by atoms with E-state index in [-0.39, 0.29) is 5.41 Å². The quantitative estimate of drug-likeness (QED) is 0.696. The van der Waals surface area contributed by atoms with Crippen molar-refractivity contribution >= 4 is 28.5 Å². The lowest BCUT2D eigenvalue weighted by molar-refractivity contribution is 0.419. The van der Waals surface area contributed by atoms with Gasteiger partial charge in [0.2, 0.25) is 0 Å². The monoisotopic (exact) mass is 307 g/mol. The Morgan fingerprint density at radius 1 is 1.50 bits per heavy atom. The summed E-state index contributed by atoms with van der Waals surface area (Å²) in [5, 5.41) is 2.78. The third-order valence-corrected chi connectivity index (χ3v) is 3.91. The van der Waals surface area contributed by atoms with Crippen LogP contribution in [-0.4, -0.2) is 25.0 Å². The molecule has 108 valence electrons. The number of allylic oxidation sites excluding steroid dienone is 1. The summed E-state index contributed by atoms with van der Waals surface area (Å²) in [6.45, 7) is 12.1. The van der Waals surface area contributed by atoms with Crippen molar-refractivity contribution < 1.29 is 0 Å². The van der Waals surface area contributed by atoms with Crippen molar-refractivity contribution in [1.29, 1.82) is 0 Å². The Labute approximate surface area is 131 Å². The Bertz CT molecular complexity index is 537. The first-order valence-corrected chi connectivity index (χ1v) is 7.83. The van der Waals surface area contributed by atoms with Crippen LogP contribution in [0.1, 0.15) is 25.6 Å². The molecule has 0 bridgehead atoms. The Morgan fingerprint density at radius 3 is 2.75 bits per heavy atom. The lowest BCUT2D eigenvalue weighted by atomic mass is 9.98. The van der Waals surface area contributed by atoms with Crippen LogP contribution < -0.4 is 0 Å². The second kappa shape index (κ2) is 7.69. The Balaban J connectivity index is 2.42. The number of thiophene rings is 1. The molecule has 3 heteroatoms. The lowest BCUT2D eigenvalue weighted by Crippen LogP contribution is -2.20. The molecule has 1 aromatic rings. The summed E-state index contributed by atoms with van der Waals surface area (Å²) >= 11 is 7.74. The summed E-state index contributed by atoms with van der Waals surface area (Å²) in [5.41, 5.74) is 1.11. The van der Waals surface area contributed by atoms with E-state index in [4.69, 9.17) is 11.6 Å². The molecule has 0 atom stereocenters. The summed E-state index contributed by atoms with van der Waals surface area (Å²) < 4.78 is 0. The first-order valence-electron chi connectivity index (χ1n) is 6.57. The number of rotatable bonds is 5. The van der Waals surface area contributed by atoms with E-state index in [1.165, 1.54) is 0 Å². The van der Waals surface area contributed by atoms with Crippen molar-refractivity contribution in [3.05, 3.63) is 40.1 Å². The van der Waals surface area contributed by atoms with Gasteiger partial charge in [0.05, 0.1) is 5.02 Å². The zero-order chi connectivity index (χ0) is 15.2. The molecule has 0 aliphatic rings. The fourth-order valence-electron chi connectivity index (χ4n) is 1.56. The van der Waals surface area contributed by atoms with E-state index in [1.54, 1.807) is 11.3 Å². The highest BCUT2D eigenvalue weighted by atomic mass is 35.5. The standard InChI is InChI=1S/C17H22ClNS/c1-14(16-15(18)9-12-20-16)13-19(5)11-8-6-7-10-17(2,3)4/h6,8-9,12H,1,11,13H2,2-5H3/b8-6+. The molecule has 20 heavy (non-hydrogen) atoms. The zero-order valence-electron chi connectivity index (χ0n) is 12.7. The summed E-state index contributed by atoms with van der Waals surface area (Å²) in [5.74, 6) is 6.25. The van der Waals surface area contributed by atoms with Gasteiger partial charge in [-0.15, -0.1) is 11.3 Å². The molecule has 0 amide bonds. The van der Waals surface area contributed by atoms with Crippen LogP contribution in [0.4, 0.5) is 0 Å². The van der Waals surface area contributed by atoms with E-state index in [2.05, 4.69) is 57.2 Å². The highest BCUT2D eigenvalue weighted by molar-refractivity contribution is 7.11. The van der Waals surface area contributed by atoms with Crippen LogP contribution in [0.2, 0.25) is 5.02 Å². The van der Waals surface area contributed by atoms with Crippen molar-refractivity contribution in [3.63, 3.8) is 0 Å². The summed E-state index contributed by atoms with van der Waals surface area (Å²) in [6.07, 6.45) is 3.99. The molecule has 0 saturated carbocycles. The molecule has 1 heterocycles. The highest BCUT2D eigenvalue weighted by Gasteiger charge is 2.07. The minimum atomic E-state index is 0.0560. The molecule has 0 N–H and O–H groups in total. The van der Waals surface area contributed by atoms with Crippen molar-refractivity contribution in [2.24, 2.45) is 5.41 Å². The molecule has 1 rings (SSSR count). The van der Waals surface area contributed by atoms with E-state index < -0.39 is 0 Å². The maximum atomic E-state index is 6.11. The summed E-state index contributed by atoms with van der Waals surface area (Å²) in [7, 11) is 2.06. The molecular weight excluding hydrogens is 286 g/mol. The molecular formula is C17H22ClNS. The Morgan fingerprint density at radius 2 is 2.20 bits per heavy atom. The zero-order valence-corrected chi connectivity index (χ0v) is 14.2. The van der Waals surface area contributed by atoms with Gasteiger partial charge in [-0.2, -0.15) is 0 Å². The second-order valence-corrected chi connectivity index (χ2v) is 7.14. The Hall–Kier alpha value is -1.01. The van der Waals surface area contributed by atoms with Crippen LogP contribution in [0.15, 0.2) is 30.2 Å². The smallest absolute Gasteiger partial charge is 0.0589 e. The van der Waals surface area contributed by atoms with Crippen LogP contribution in [-0.2, 0) is 0 Å². The van der Waals surface area contributed by atoms with Gasteiger partial charge in [-0.25, -0.2) is 0 Å². The van der Waals surface area contributed by atoms with E-state index in [0.717, 1.165) is 28.6 Å². The van der Waals surface area contributed by atoms with Gasteiger partial charge in [0.25, 0.3) is 0 Å². The molecule has 1 nitrogen and oxygen atoms in total. The third kappa shape index (κ3) is 6.43. The van der Waals surface area contributed by atoms with Crippen molar-refractivity contribution in [3.8, 4) is 11.8 Å². The lowest BCUT2D eigenvalue weighted by Gasteiger charge is -2.15. The molecule has 0 aliphatic heterocycles. The largest absolute Gasteiger partial charge is 0.298 e. The number of hydrogen-bond acceptors (Lipinski definition) is 2. The number of nitrogens with zero attached hydrogens (tertiary/aromatic N) is 1. The normalized spacial score (nSPS) is 11.7. The van der Waals surface area contributed by atoms with Gasteiger partial charge in [-0.3, -0.25) is 4.90 Å². The highest BCUT2D eigenvalue weighted by Crippen LogP contribution is 2.28. The minimum Gasteiger partial charge on any atom is -0.298 e. The fraction of sp³-hybridized carbons (Fsp3) is 0.412. The number of hydrogen-bond donors (Lipinski definition) is 0. The first-order chi connectivity index (χ1) is 9.29. The maximum Gasteiger partial charge on any atom is 0.0589 e. The van der Waals surface area contributed by atoms with Gasteiger partial charge in [-0.1, -0.05) is 36.1 Å². The molecule has 1 aromatic heterocycles. The number of halogens is 1. The topological polar surface area (TPSA) is 3.24 Å². The van der Waals surface area contributed by atoms with E-state index in [0.29, 0.717) is 0 Å². The van der Waals surface area contributed by atoms with E-state index in [9.17, 15) is 0 Å². The van der Waals surface area contributed by atoms with Crippen molar-refractivity contribution in [1.82, 2.24) is 4.90 Å². The van der Waals surface area contributed by atoms with Gasteiger partial charge >= 0.3 is 0 Å². The molecule has 0 unspecified atom stereocenters. The second-order valence-electron chi connectivity index (χ2n) is 5.82. The predicted octanol–water partition coefficient (Wildman–Crippen LogP) is 4.95. The van der Waals surface area contributed by atoms with Gasteiger partial charge < -0.3 is 0 Å². The maximum absolute atomic E-state index is 6.11. The summed E-state index contributed by atoms with van der Waals surface area (Å²) in [4.78, 5) is 3.27. The van der Waals surface area contributed by atoms with Crippen molar-refractivity contribution in [2.45, 2.75) is 20.8 Å². The molecule has 0 radical (unpaired) electrons. The molecule has 0 saturated heterocycles.